The summed E-state index contributed by atoms with van der Waals surface area (Å²) in [6.07, 6.45) is -2.45. The molecule has 0 aliphatic carbocycles. The fraction of sp³-hybridized carbons (Fsp3) is 0.286. The van der Waals surface area contributed by atoms with Crippen LogP contribution in [0.3, 0.4) is 0 Å². The van der Waals surface area contributed by atoms with Gasteiger partial charge < -0.3 is 28.5 Å². The van der Waals surface area contributed by atoms with Crippen LogP contribution >= 0.6 is 0 Å². The fourth-order valence-corrected chi connectivity index (χ4v) is 10.7. The number of aliphatic hydroxyl groups is 1. The Bertz CT molecular complexity index is 1610. The second kappa shape index (κ2) is 17.4. The van der Waals surface area contributed by atoms with Crippen LogP contribution < -0.4 is 19.8 Å². The van der Waals surface area contributed by atoms with Crippen LogP contribution in [0.15, 0.2) is 146 Å². The molecule has 5 aromatic carbocycles. The van der Waals surface area contributed by atoms with Crippen LogP contribution in [0.4, 0.5) is 0 Å². The minimum absolute atomic E-state index is 0.00377. The first-order chi connectivity index (χ1) is 23.8. The highest BCUT2D eigenvalue weighted by atomic mass is 28.4. The molecular weight excluding hydrogens is 629 g/mol. The number of methoxy groups -OCH3 is 1. The van der Waals surface area contributed by atoms with Crippen molar-refractivity contribution in [1.82, 2.24) is 0 Å². The minimum atomic E-state index is -2.93. The molecule has 0 fully saturated rings. The van der Waals surface area contributed by atoms with Crippen LogP contribution in [-0.4, -0.2) is 52.1 Å². The summed E-state index contributed by atoms with van der Waals surface area (Å²) >= 11 is 0. The van der Waals surface area contributed by atoms with Gasteiger partial charge in [0.15, 0.2) is 0 Å². The molecule has 0 amide bonds. The monoisotopic (exact) mass is 676 g/mol. The molecular formula is C42H48O6Si. The average molecular weight is 677 g/mol. The predicted octanol–water partition coefficient (Wildman–Crippen LogP) is 7.18. The molecule has 0 aliphatic rings. The maximum Gasteiger partial charge on any atom is 0.261 e. The highest BCUT2D eigenvalue weighted by molar-refractivity contribution is 6.99. The van der Waals surface area contributed by atoms with Gasteiger partial charge in [-0.25, -0.2) is 0 Å². The van der Waals surface area contributed by atoms with E-state index in [0.29, 0.717) is 12.4 Å². The van der Waals surface area contributed by atoms with Crippen molar-refractivity contribution in [1.29, 1.82) is 0 Å². The summed E-state index contributed by atoms with van der Waals surface area (Å²) < 4.78 is 32.0. The molecule has 0 saturated heterocycles. The quantitative estimate of drug-likeness (QED) is 0.105. The SMILES string of the molecule is COc1ccc(OC[C@@H](O)[C@@H](OCc2ccccc2)[C@H](CO[Si](c2ccccc2)(c2ccccc2)C(C)(C)C)OCc2ccccc2)cc1. The summed E-state index contributed by atoms with van der Waals surface area (Å²) in [5, 5.41) is 13.9. The lowest BCUT2D eigenvalue weighted by Crippen LogP contribution is -2.67. The summed E-state index contributed by atoms with van der Waals surface area (Å²) in [5.74, 6) is 1.35. The van der Waals surface area contributed by atoms with Crippen molar-refractivity contribution in [3.8, 4) is 11.5 Å². The fourth-order valence-electron chi connectivity index (χ4n) is 6.17. The third-order valence-electron chi connectivity index (χ3n) is 8.70. The molecule has 0 saturated carbocycles. The highest BCUT2D eigenvalue weighted by Gasteiger charge is 2.51. The molecule has 0 heterocycles. The molecule has 1 N–H and O–H groups in total. The van der Waals surface area contributed by atoms with Gasteiger partial charge in [-0.05, 0) is 50.8 Å². The van der Waals surface area contributed by atoms with E-state index in [2.05, 4.69) is 69.3 Å². The summed E-state index contributed by atoms with van der Waals surface area (Å²) in [5.41, 5.74) is 2.01. The number of aliphatic hydroxyl groups excluding tert-OH is 1. The van der Waals surface area contributed by atoms with Gasteiger partial charge in [-0.15, -0.1) is 0 Å². The Hall–Kier alpha value is -4.24. The average Bonchev–Trinajstić information content (AvgIpc) is 3.14. The van der Waals surface area contributed by atoms with Crippen molar-refractivity contribution in [2.45, 2.75) is 57.3 Å². The lowest BCUT2D eigenvalue weighted by atomic mass is 10.1. The molecule has 3 atom stereocenters. The summed E-state index contributed by atoms with van der Waals surface area (Å²) in [7, 11) is -1.30. The van der Waals surface area contributed by atoms with Crippen molar-refractivity contribution in [2.75, 3.05) is 20.3 Å². The van der Waals surface area contributed by atoms with E-state index in [1.165, 1.54) is 10.4 Å². The van der Waals surface area contributed by atoms with Crippen LogP contribution in [0, 0.1) is 0 Å². The first-order valence-electron chi connectivity index (χ1n) is 16.8. The summed E-state index contributed by atoms with van der Waals surface area (Å²) in [6, 6.07) is 48.3. The zero-order valence-corrected chi connectivity index (χ0v) is 29.9. The Kier molecular flexibility index (Phi) is 12.8. The maximum absolute atomic E-state index is 11.8. The van der Waals surface area contributed by atoms with E-state index in [9.17, 15) is 5.11 Å². The molecule has 6 nitrogen and oxygen atoms in total. The van der Waals surface area contributed by atoms with Crippen LogP contribution in [0.25, 0.3) is 0 Å². The number of rotatable bonds is 17. The molecule has 0 spiro atoms. The normalized spacial score (nSPS) is 13.7. The largest absolute Gasteiger partial charge is 0.497 e. The highest BCUT2D eigenvalue weighted by Crippen LogP contribution is 2.37. The number of ether oxygens (including phenoxy) is 4. The maximum atomic E-state index is 11.8. The van der Waals surface area contributed by atoms with Crippen molar-refractivity contribution in [2.24, 2.45) is 0 Å². The zero-order chi connectivity index (χ0) is 34.5. The first-order valence-corrected chi connectivity index (χ1v) is 18.7. The Morgan fingerprint density at radius 2 is 1.02 bits per heavy atom. The lowest BCUT2D eigenvalue weighted by molar-refractivity contribution is -0.148. The summed E-state index contributed by atoms with van der Waals surface area (Å²) in [6.45, 7) is 7.55. The number of benzene rings is 5. The molecule has 49 heavy (non-hydrogen) atoms. The van der Waals surface area contributed by atoms with Gasteiger partial charge in [-0.3, -0.25) is 0 Å². The second-order valence-corrected chi connectivity index (χ2v) is 17.4. The van der Waals surface area contributed by atoms with E-state index < -0.39 is 26.6 Å². The van der Waals surface area contributed by atoms with Gasteiger partial charge in [-0.1, -0.05) is 142 Å². The van der Waals surface area contributed by atoms with Gasteiger partial charge in [0.05, 0.1) is 26.9 Å². The van der Waals surface area contributed by atoms with Gasteiger partial charge in [0.1, 0.15) is 36.4 Å². The smallest absolute Gasteiger partial charge is 0.261 e. The van der Waals surface area contributed by atoms with E-state index in [0.717, 1.165) is 16.9 Å². The van der Waals surface area contributed by atoms with Crippen LogP contribution in [-0.2, 0) is 27.1 Å². The van der Waals surface area contributed by atoms with Crippen LogP contribution in [0.2, 0.25) is 5.04 Å². The molecule has 7 heteroatoms. The van der Waals surface area contributed by atoms with Crippen molar-refractivity contribution in [3.05, 3.63) is 157 Å². The number of hydrogen-bond donors (Lipinski definition) is 1. The van der Waals surface area contributed by atoms with Crippen molar-refractivity contribution in [3.63, 3.8) is 0 Å². The molecule has 0 unspecified atom stereocenters. The Morgan fingerprint density at radius 1 is 0.571 bits per heavy atom. The number of hydrogen-bond acceptors (Lipinski definition) is 6. The minimum Gasteiger partial charge on any atom is -0.497 e. The molecule has 5 aromatic rings. The van der Waals surface area contributed by atoms with E-state index >= 15 is 0 Å². The first kappa shape index (κ1) is 36.0. The third kappa shape index (κ3) is 9.47. The van der Waals surface area contributed by atoms with Gasteiger partial charge >= 0.3 is 0 Å². The van der Waals surface area contributed by atoms with Crippen molar-refractivity contribution >= 4 is 18.7 Å². The Balaban J connectivity index is 1.49. The molecule has 0 aromatic heterocycles. The topological polar surface area (TPSA) is 66.4 Å². The van der Waals surface area contributed by atoms with Gasteiger partial charge in [0.2, 0.25) is 0 Å². The van der Waals surface area contributed by atoms with Gasteiger partial charge in [-0.2, -0.15) is 0 Å². The van der Waals surface area contributed by atoms with E-state index in [4.69, 9.17) is 23.4 Å². The molecule has 0 radical (unpaired) electrons. The lowest BCUT2D eigenvalue weighted by Gasteiger charge is -2.44. The van der Waals surface area contributed by atoms with Gasteiger partial charge in [0, 0.05) is 0 Å². The molecule has 5 rings (SSSR count). The molecule has 256 valence electrons. The van der Waals surface area contributed by atoms with E-state index in [1.54, 1.807) is 7.11 Å². The zero-order valence-electron chi connectivity index (χ0n) is 28.9. The molecule has 0 bridgehead atoms. The van der Waals surface area contributed by atoms with E-state index in [-0.39, 0.29) is 24.9 Å². The Morgan fingerprint density at radius 3 is 1.49 bits per heavy atom. The second-order valence-electron chi connectivity index (χ2n) is 13.1. The molecule has 0 aliphatic heterocycles. The van der Waals surface area contributed by atoms with Crippen molar-refractivity contribution < 1.29 is 28.5 Å². The van der Waals surface area contributed by atoms with Crippen LogP contribution in [0.5, 0.6) is 11.5 Å². The Labute approximate surface area is 292 Å². The van der Waals surface area contributed by atoms with E-state index in [1.807, 2.05) is 97.1 Å². The summed E-state index contributed by atoms with van der Waals surface area (Å²) in [4.78, 5) is 0. The third-order valence-corrected chi connectivity index (χ3v) is 13.7. The van der Waals surface area contributed by atoms with Crippen LogP contribution in [0.1, 0.15) is 31.9 Å². The predicted molar refractivity (Wildman–Crippen MR) is 198 cm³/mol. The standard InChI is InChI=1S/C42H48O6Si/c1-42(2,3)49(37-21-13-7-14-22-37,38-23-15-8-16-24-38)48-32-40(46-29-33-17-9-5-10-18-33)41(47-30-34-19-11-6-12-20-34)39(43)31-45-36-27-25-35(44-4)26-28-36/h5-28,39-41,43H,29-32H2,1-4H3/t39-,40+,41-/m1/s1. The van der Waals surface area contributed by atoms with Gasteiger partial charge in [0.25, 0.3) is 8.32 Å².